The molecule has 12 nitrogen and oxygen atoms in total. The maximum Gasteiger partial charge on any atom is 0.309 e. The Balaban J connectivity index is 1.38. The van der Waals surface area contributed by atoms with Crippen molar-refractivity contribution in [2.45, 2.75) is 232 Å². The molecule has 0 aromatic rings. The minimum absolute atomic E-state index is 0.0167. The number of carboxylic acids is 1. The second kappa shape index (κ2) is 19.9. The van der Waals surface area contributed by atoms with E-state index in [0.29, 0.717) is 64.2 Å². The molecule has 0 aromatic heterocycles. The lowest BCUT2D eigenvalue weighted by atomic mass is 9.72. The molecule has 0 radical (unpaired) electrons. The monoisotopic (exact) mass is 849 g/mol. The minimum Gasteiger partial charge on any atom is -0.481 e. The van der Waals surface area contributed by atoms with Gasteiger partial charge < -0.3 is 43.7 Å². The third kappa shape index (κ3) is 9.90. The fourth-order valence-electron chi connectivity index (χ4n) is 11.3. The molecular formula is C48H80O12. The van der Waals surface area contributed by atoms with Gasteiger partial charge in [0.2, 0.25) is 5.79 Å². The Morgan fingerprint density at radius 1 is 0.867 bits per heavy atom. The highest BCUT2D eigenvalue weighted by Gasteiger charge is 2.64. The number of Topliss-reactive ketones (excluding diaryl/α,β-unsaturated/α-hetero) is 1. The third-order valence-corrected chi connectivity index (χ3v) is 15.7. The molecule has 2 spiro atoms. The van der Waals surface area contributed by atoms with Crippen molar-refractivity contribution < 1.29 is 58.1 Å². The molecule has 0 aliphatic carbocycles. The van der Waals surface area contributed by atoms with Gasteiger partial charge in [-0.05, 0) is 102 Å². The Morgan fingerprint density at radius 2 is 1.57 bits per heavy atom. The van der Waals surface area contributed by atoms with Crippen LogP contribution in [-0.4, -0.2) is 98.5 Å². The number of unbranched alkanes of at least 4 members (excludes halogenated alkanes) is 2. The summed E-state index contributed by atoms with van der Waals surface area (Å²) < 4.78 is 40.6. The number of rotatable bonds is 17. The molecule has 5 aliphatic rings. The number of ketones is 1. The number of aliphatic hydroxyl groups excluding tert-OH is 1. The molecule has 4 saturated heterocycles. The van der Waals surface area contributed by atoms with E-state index in [4.69, 9.17) is 28.4 Å². The van der Waals surface area contributed by atoms with Gasteiger partial charge in [0, 0.05) is 36.5 Å². The quantitative estimate of drug-likeness (QED) is 0.0729. The van der Waals surface area contributed by atoms with Crippen molar-refractivity contribution in [3.05, 3.63) is 12.2 Å². The molecule has 344 valence electrons. The van der Waals surface area contributed by atoms with E-state index in [2.05, 4.69) is 27.7 Å². The van der Waals surface area contributed by atoms with Gasteiger partial charge in [-0.25, -0.2) is 0 Å². The van der Waals surface area contributed by atoms with E-state index in [1.807, 2.05) is 53.7 Å². The number of aliphatic carboxylic acids is 1. The Bertz CT molecular complexity index is 1500. The molecule has 5 rings (SSSR count). The van der Waals surface area contributed by atoms with Gasteiger partial charge in [0.25, 0.3) is 0 Å². The number of aliphatic hydroxyl groups is 2. The van der Waals surface area contributed by atoms with Crippen molar-refractivity contribution in [1.29, 1.82) is 0 Å². The number of esters is 1. The SMILES string of the molecule is CCCCCC(=O)O[C@@H]1C=C[C@]2(O[C@H]([C@@H](CC)C(=O)[C@@H](C)[C@@H](O)[C@H](C)[C@@H]3O[C@@H]([C@@H](CC)C(=O)O)CC[C@@H]3C)[C@@H](C)C[C@H]2C)O[C@@]12CC[C@@](C)([C@H]1CC[C@](O)(CC)[C@H](C)O1)O2. The van der Waals surface area contributed by atoms with E-state index in [1.165, 1.54) is 0 Å². The van der Waals surface area contributed by atoms with Crippen molar-refractivity contribution in [3.8, 4) is 0 Å². The van der Waals surface area contributed by atoms with E-state index >= 15 is 0 Å². The van der Waals surface area contributed by atoms with E-state index in [-0.39, 0.29) is 47.8 Å². The first kappa shape index (κ1) is 49.1. The summed E-state index contributed by atoms with van der Waals surface area (Å²) in [4.78, 5) is 40.0. The maximum absolute atomic E-state index is 14.6. The first-order valence-corrected chi connectivity index (χ1v) is 23.7. The minimum atomic E-state index is -1.38. The predicted molar refractivity (Wildman–Crippen MR) is 227 cm³/mol. The number of hydrogen-bond acceptors (Lipinski definition) is 11. The molecule has 4 fully saturated rings. The smallest absolute Gasteiger partial charge is 0.309 e. The average Bonchev–Trinajstić information content (AvgIpc) is 3.55. The number of ether oxygens (including phenoxy) is 6. The van der Waals surface area contributed by atoms with Crippen molar-refractivity contribution >= 4 is 17.7 Å². The fourth-order valence-corrected chi connectivity index (χ4v) is 11.3. The molecule has 0 aromatic carbocycles. The second-order valence-electron chi connectivity index (χ2n) is 19.8. The summed E-state index contributed by atoms with van der Waals surface area (Å²) in [5.74, 6) is -6.35. The summed E-state index contributed by atoms with van der Waals surface area (Å²) in [5, 5.41) is 32.9. The zero-order valence-electron chi connectivity index (χ0n) is 38.7. The highest BCUT2D eigenvalue weighted by molar-refractivity contribution is 5.84. The fraction of sp³-hybridized carbons (Fsp3) is 0.896. The molecule has 0 bridgehead atoms. The van der Waals surface area contributed by atoms with E-state index in [1.54, 1.807) is 6.92 Å². The lowest BCUT2D eigenvalue weighted by Gasteiger charge is -2.54. The normalized spacial score (nSPS) is 42.0. The van der Waals surface area contributed by atoms with Crippen LogP contribution in [0.25, 0.3) is 0 Å². The van der Waals surface area contributed by atoms with Crippen molar-refractivity contribution in [2.24, 2.45) is 41.4 Å². The van der Waals surface area contributed by atoms with E-state index < -0.39 is 76.8 Å². The molecule has 5 heterocycles. The van der Waals surface area contributed by atoms with Crippen LogP contribution in [0.4, 0.5) is 0 Å². The van der Waals surface area contributed by atoms with Crippen molar-refractivity contribution in [1.82, 2.24) is 0 Å². The van der Waals surface area contributed by atoms with Crippen LogP contribution < -0.4 is 0 Å². The molecular weight excluding hydrogens is 769 g/mol. The first-order chi connectivity index (χ1) is 28.2. The van der Waals surface area contributed by atoms with Gasteiger partial charge >= 0.3 is 11.9 Å². The Hall–Kier alpha value is -1.93. The van der Waals surface area contributed by atoms with Gasteiger partial charge in [-0.3, -0.25) is 14.4 Å². The van der Waals surface area contributed by atoms with Crippen LogP contribution in [0.1, 0.15) is 166 Å². The second-order valence-corrected chi connectivity index (χ2v) is 19.8. The molecule has 0 unspecified atom stereocenters. The predicted octanol–water partition coefficient (Wildman–Crippen LogP) is 8.32. The number of hydrogen-bond donors (Lipinski definition) is 3. The van der Waals surface area contributed by atoms with Crippen LogP contribution in [0.2, 0.25) is 0 Å². The largest absolute Gasteiger partial charge is 0.481 e. The van der Waals surface area contributed by atoms with Gasteiger partial charge in [0.1, 0.15) is 5.78 Å². The van der Waals surface area contributed by atoms with Gasteiger partial charge in [-0.1, -0.05) is 75.2 Å². The van der Waals surface area contributed by atoms with Gasteiger partial charge in [-0.2, -0.15) is 0 Å². The van der Waals surface area contributed by atoms with Gasteiger partial charge in [-0.15, -0.1) is 0 Å². The van der Waals surface area contributed by atoms with Crippen LogP contribution in [0.5, 0.6) is 0 Å². The Labute approximate surface area is 360 Å². The van der Waals surface area contributed by atoms with E-state index in [0.717, 1.165) is 25.7 Å². The molecule has 0 amide bonds. The summed E-state index contributed by atoms with van der Waals surface area (Å²) in [6.45, 7) is 21.8. The van der Waals surface area contributed by atoms with Crippen LogP contribution in [0, 0.1) is 41.4 Å². The van der Waals surface area contributed by atoms with Crippen molar-refractivity contribution in [2.75, 3.05) is 0 Å². The van der Waals surface area contributed by atoms with Crippen LogP contribution in [-0.2, 0) is 42.8 Å². The van der Waals surface area contributed by atoms with Gasteiger partial charge in [0.15, 0.2) is 11.9 Å². The molecule has 12 heteroatoms. The topological polar surface area (TPSA) is 167 Å². The lowest BCUT2D eigenvalue weighted by molar-refractivity contribution is -0.409. The summed E-state index contributed by atoms with van der Waals surface area (Å²) in [5.41, 5.74) is -1.71. The van der Waals surface area contributed by atoms with Gasteiger partial charge in [0.05, 0.1) is 53.7 Å². The Kier molecular flexibility index (Phi) is 16.2. The number of carboxylic acid groups (broad SMARTS) is 1. The lowest BCUT2D eigenvalue weighted by Crippen LogP contribution is -2.63. The van der Waals surface area contributed by atoms with Crippen molar-refractivity contribution in [3.63, 3.8) is 0 Å². The van der Waals surface area contributed by atoms with E-state index in [9.17, 15) is 29.7 Å². The number of carbonyl (C=O) groups is 3. The van der Waals surface area contributed by atoms with Crippen LogP contribution in [0.3, 0.4) is 0 Å². The first-order valence-electron chi connectivity index (χ1n) is 23.7. The summed E-state index contributed by atoms with van der Waals surface area (Å²) in [7, 11) is 0. The molecule has 5 aliphatic heterocycles. The summed E-state index contributed by atoms with van der Waals surface area (Å²) in [6.07, 6.45) is 8.54. The molecule has 0 saturated carbocycles. The van der Waals surface area contributed by atoms with Crippen LogP contribution >= 0.6 is 0 Å². The zero-order chi connectivity index (χ0) is 44.4. The summed E-state index contributed by atoms with van der Waals surface area (Å²) >= 11 is 0. The standard InChI is InChI=1S/C48H80O12/c1-12-16-17-18-39(49)57-38-22-24-47(60-48(38)26-25-45(11,59-48)37-21-23-46(54,15-4)33(10)55-37)30(7)27-29(6)43(58-47)35(14-3)41(51)31(8)40(50)32(9)42-28(5)19-20-36(56-42)34(13-2)44(52)53/h22,24,28-38,40,42-43,50,54H,12-21,23,25-27H2,1-11H3,(H,52,53)/t28-,29-,30+,31-,32-,33-,34+,35-,36+,37+,38+,40+,42+,43-,45-,46+,47-,48-/m0/s1. The number of carbonyl (C=O) groups excluding carboxylic acids is 2. The highest BCUT2D eigenvalue weighted by Crippen LogP contribution is 2.54. The highest BCUT2D eigenvalue weighted by atomic mass is 16.8. The molecule has 60 heavy (non-hydrogen) atoms. The zero-order valence-corrected chi connectivity index (χ0v) is 38.7. The molecule has 3 N–H and O–H groups in total. The molecule has 18 atom stereocenters. The Morgan fingerprint density at radius 3 is 2.18 bits per heavy atom. The maximum atomic E-state index is 14.6. The summed E-state index contributed by atoms with van der Waals surface area (Å²) in [6, 6.07) is 0. The third-order valence-electron chi connectivity index (χ3n) is 15.7. The van der Waals surface area contributed by atoms with Crippen LogP contribution in [0.15, 0.2) is 12.2 Å². The average molecular weight is 849 g/mol.